The maximum absolute atomic E-state index is 5.64. The quantitative estimate of drug-likeness (QED) is 0.760. The van der Waals surface area contributed by atoms with Crippen LogP contribution in [0.25, 0.3) is 0 Å². The number of anilines is 1. The second-order valence-electron chi connectivity index (χ2n) is 3.84. The normalized spacial score (nSPS) is 24.2. The summed E-state index contributed by atoms with van der Waals surface area (Å²) in [6.45, 7) is 6.09. The van der Waals surface area contributed by atoms with Gasteiger partial charge in [-0.15, -0.1) is 5.10 Å². The largest absolute Gasteiger partial charge is 0.406 e. The lowest BCUT2D eigenvalue weighted by molar-refractivity contribution is 0.0513. The summed E-state index contributed by atoms with van der Waals surface area (Å²) in [5.41, 5.74) is 5.64. The van der Waals surface area contributed by atoms with Gasteiger partial charge in [-0.3, -0.25) is 0 Å². The monoisotopic (exact) mass is 212 g/mol. The summed E-state index contributed by atoms with van der Waals surface area (Å²) in [5.74, 6) is 0.476. The fourth-order valence-corrected chi connectivity index (χ4v) is 1.53. The summed E-state index contributed by atoms with van der Waals surface area (Å²) in [4.78, 5) is 2.02. The summed E-state index contributed by atoms with van der Waals surface area (Å²) in [6.07, 6.45) is 0.199. The third kappa shape index (κ3) is 2.27. The second-order valence-corrected chi connectivity index (χ2v) is 3.84. The average Bonchev–Trinajstić information content (AvgIpc) is 2.66. The molecule has 15 heavy (non-hydrogen) atoms. The van der Waals surface area contributed by atoms with Crippen molar-refractivity contribution in [2.45, 2.75) is 26.0 Å². The molecule has 1 aromatic heterocycles. The highest BCUT2D eigenvalue weighted by Gasteiger charge is 2.22. The van der Waals surface area contributed by atoms with Crippen molar-refractivity contribution >= 4 is 6.01 Å². The molecule has 2 atom stereocenters. The van der Waals surface area contributed by atoms with Gasteiger partial charge in [-0.25, -0.2) is 0 Å². The van der Waals surface area contributed by atoms with Gasteiger partial charge in [-0.1, -0.05) is 5.10 Å². The maximum atomic E-state index is 5.64. The van der Waals surface area contributed by atoms with Crippen LogP contribution in [0, 0.1) is 0 Å². The van der Waals surface area contributed by atoms with E-state index in [1.807, 2.05) is 18.7 Å². The third-order valence-corrected chi connectivity index (χ3v) is 2.33. The van der Waals surface area contributed by atoms with Gasteiger partial charge in [0.2, 0.25) is 5.89 Å². The standard InChI is InChI=1S/C9H16N4O2/c1-6-5-13(3-4-14-6)9-12-11-8(15-9)7(2)10/h6-7H,3-5,10H2,1-2H3. The average molecular weight is 212 g/mol. The van der Waals surface area contributed by atoms with Crippen molar-refractivity contribution in [2.24, 2.45) is 5.73 Å². The van der Waals surface area contributed by atoms with E-state index in [2.05, 4.69) is 10.2 Å². The Balaban J connectivity index is 2.08. The highest BCUT2D eigenvalue weighted by atomic mass is 16.5. The van der Waals surface area contributed by atoms with E-state index in [0.29, 0.717) is 18.5 Å². The molecule has 6 heteroatoms. The molecule has 0 saturated carbocycles. The zero-order valence-electron chi connectivity index (χ0n) is 9.01. The SMILES string of the molecule is CC1CN(c2nnc(C(C)N)o2)CCO1. The van der Waals surface area contributed by atoms with Crippen LogP contribution in [-0.4, -0.2) is 36.0 Å². The molecular weight excluding hydrogens is 196 g/mol. The Kier molecular flexibility index (Phi) is 2.88. The first-order valence-electron chi connectivity index (χ1n) is 5.12. The Morgan fingerprint density at radius 2 is 2.33 bits per heavy atom. The van der Waals surface area contributed by atoms with Gasteiger partial charge in [-0.05, 0) is 13.8 Å². The molecule has 2 unspecified atom stereocenters. The molecule has 0 bridgehead atoms. The van der Waals surface area contributed by atoms with E-state index in [-0.39, 0.29) is 12.1 Å². The molecule has 1 fully saturated rings. The van der Waals surface area contributed by atoms with Crippen LogP contribution in [0.3, 0.4) is 0 Å². The third-order valence-electron chi connectivity index (χ3n) is 2.33. The van der Waals surface area contributed by atoms with E-state index in [1.165, 1.54) is 0 Å². The molecule has 84 valence electrons. The molecule has 1 aliphatic rings. The van der Waals surface area contributed by atoms with E-state index in [0.717, 1.165) is 13.1 Å². The van der Waals surface area contributed by atoms with Gasteiger partial charge in [0.15, 0.2) is 0 Å². The highest BCUT2D eigenvalue weighted by molar-refractivity contribution is 5.25. The number of rotatable bonds is 2. The number of nitrogens with two attached hydrogens (primary N) is 1. The number of morpholine rings is 1. The van der Waals surface area contributed by atoms with Crippen molar-refractivity contribution in [3.8, 4) is 0 Å². The minimum absolute atomic E-state index is 0.199. The lowest BCUT2D eigenvalue weighted by Gasteiger charge is -2.29. The van der Waals surface area contributed by atoms with Crippen LogP contribution in [0.2, 0.25) is 0 Å². The van der Waals surface area contributed by atoms with Crippen LogP contribution >= 0.6 is 0 Å². The molecule has 6 nitrogen and oxygen atoms in total. The van der Waals surface area contributed by atoms with Crippen LogP contribution < -0.4 is 10.6 Å². The lowest BCUT2D eigenvalue weighted by atomic mass is 10.3. The van der Waals surface area contributed by atoms with Crippen molar-refractivity contribution in [1.29, 1.82) is 0 Å². The van der Waals surface area contributed by atoms with Gasteiger partial charge >= 0.3 is 6.01 Å². The minimum Gasteiger partial charge on any atom is -0.406 e. The minimum atomic E-state index is -0.218. The predicted octanol–water partition coefficient (Wildman–Crippen LogP) is 0.314. The van der Waals surface area contributed by atoms with Gasteiger partial charge < -0.3 is 19.8 Å². The number of nitrogens with zero attached hydrogens (tertiary/aromatic N) is 3. The van der Waals surface area contributed by atoms with Crippen molar-refractivity contribution in [1.82, 2.24) is 10.2 Å². The summed E-state index contributed by atoms with van der Waals surface area (Å²) in [7, 11) is 0. The molecule has 0 radical (unpaired) electrons. The van der Waals surface area contributed by atoms with E-state index in [1.54, 1.807) is 0 Å². The van der Waals surface area contributed by atoms with Crippen molar-refractivity contribution < 1.29 is 9.15 Å². The summed E-state index contributed by atoms with van der Waals surface area (Å²) < 4.78 is 10.9. The fourth-order valence-electron chi connectivity index (χ4n) is 1.53. The maximum Gasteiger partial charge on any atom is 0.318 e. The van der Waals surface area contributed by atoms with Crippen LogP contribution in [-0.2, 0) is 4.74 Å². The van der Waals surface area contributed by atoms with Crippen molar-refractivity contribution in [3.63, 3.8) is 0 Å². The lowest BCUT2D eigenvalue weighted by Crippen LogP contribution is -2.41. The highest BCUT2D eigenvalue weighted by Crippen LogP contribution is 2.18. The Morgan fingerprint density at radius 3 is 2.93 bits per heavy atom. The van der Waals surface area contributed by atoms with Gasteiger partial charge in [0, 0.05) is 13.1 Å². The number of aromatic nitrogens is 2. The zero-order chi connectivity index (χ0) is 10.8. The first-order valence-corrected chi connectivity index (χ1v) is 5.12. The Hall–Kier alpha value is -1.14. The summed E-state index contributed by atoms with van der Waals surface area (Å²) >= 11 is 0. The predicted molar refractivity (Wildman–Crippen MR) is 54.5 cm³/mol. The molecule has 1 aliphatic heterocycles. The van der Waals surface area contributed by atoms with Crippen molar-refractivity contribution in [2.75, 3.05) is 24.6 Å². The first-order chi connectivity index (χ1) is 7.16. The molecule has 2 heterocycles. The van der Waals surface area contributed by atoms with Gasteiger partial charge in [0.1, 0.15) is 0 Å². The van der Waals surface area contributed by atoms with Gasteiger partial charge in [0.05, 0.1) is 18.8 Å². The Morgan fingerprint density at radius 1 is 1.53 bits per heavy atom. The van der Waals surface area contributed by atoms with E-state index < -0.39 is 0 Å². The van der Waals surface area contributed by atoms with Gasteiger partial charge in [0.25, 0.3) is 0 Å². The molecule has 2 N–H and O–H groups in total. The van der Waals surface area contributed by atoms with Crippen LogP contribution in [0.4, 0.5) is 6.01 Å². The molecular formula is C9H16N4O2. The van der Waals surface area contributed by atoms with Crippen LogP contribution in [0.1, 0.15) is 25.8 Å². The summed E-state index contributed by atoms with van der Waals surface area (Å²) in [5, 5.41) is 7.86. The van der Waals surface area contributed by atoms with Crippen LogP contribution in [0.15, 0.2) is 4.42 Å². The molecule has 0 spiro atoms. The second kappa shape index (κ2) is 4.16. The topological polar surface area (TPSA) is 77.4 Å². The zero-order valence-corrected chi connectivity index (χ0v) is 9.01. The van der Waals surface area contributed by atoms with Crippen molar-refractivity contribution in [3.05, 3.63) is 5.89 Å². The van der Waals surface area contributed by atoms with Gasteiger partial charge in [-0.2, -0.15) is 0 Å². The molecule has 0 aromatic carbocycles. The number of hydrogen-bond acceptors (Lipinski definition) is 6. The molecule has 2 rings (SSSR count). The fraction of sp³-hybridized carbons (Fsp3) is 0.778. The van der Waals surface area contributed by atoms with E-state index in [4.69, 9.17) is 14.9 Å². The van der Waals surface area contributed by atoms with E-state index >= 15 is 0 Å². The summed E-state index contributed by atoms with van der Waals surface area (Å²) in [6, 6.07) is 0.321. The molecule has 1 aromatic rings. The number of ether oxygens (including phenoxy) is 1. The molecule has 0 aliphatic carbocycles. The Labute approximate surface area is 88.4 Å². The first kappa shape index (κ1) is 10.4. The molecule has 1 saturated heterocycles. The molecule has 0 amide bonds. The number of hydrogen-bond donors (Lipinski definition) is 1. The van der Waals surface area contributed by atoms with Crippen LogP contribution in [0.5, 0.6) is 0 Å². The Bertz CT molecular complexity index is 326. The van der Waals surface area contributed by atoms with E-state index in [9.17, 15) is 0 Å². The smallest absolute Gasteiger partial charge is 0.318 e.